The van der Waals surface area contributed by atoms with Gasteiger partial charge in [0, 0.05) is 21.3 Å². The third kappa shape index (κ3) is 2.32. The van der Waals surface area contributed by atoms with Gasteiger partial charge in [-0.2, -0.15) is 0 Å². The molecule has 3 aromatic heterocycles. The van der Waals surface area contributed by atoms with E-state index in [9.17, 15) is 0 Å². The third-order valence-electron chi connectivity index (χ3n) is 3.93. The highest BCUT2D eigenvalue weighted by Gasteiger charge is 2.10. The van der Waals surface area contributed by atoms with Crippen LogP contribution < -0.4 is 9.75 Å². The van der Waals surface area contributed by atoms with Crippen LogP contribution in [-0.4, -0.2) is 15.0 Å². The van der Waals surface area contributed by atoms with Gasteiger partial charge in [0.15, 0.2) is 0 Å². The maximum absolute atomic E-state index is 4.83. The molecule has 24 heavy (non-hydrogen) atoms. The second kappa shape index (κ2) is 5.98. The number of fused-ring (bicyclic) bond motifs is 2. The molecule has 0 aliphatic rings. The van der Waals surface area contributed by atoms with E-state index in [1.807, 2.05) is 43.6 Å². The second-order valence-corrected chi connectivity index (χ2v) is 6.39. The largest absolute Gasteiger partial charge is 0.254 e. The zero-order chi connectivity index (χ0) is 16.5. The van der Waals surface area contributed by atoms with Crippen LogP contribution in [0.5, 0.6) is 0 Å². The monoisotopic (exact) mass is 329 g/mol. The molecule has 0 spiro atoms. The van der Waals surface area contributed by atoms with Gasteiger partial charge in [-0.05, 0) is 18.4 Å². The number of hydrogen-bond donors (Lipinski definition) is 0. The van der Waals surface area contributed by atoms with Crippen molar-refractivity contribution < 1.29 is 0 Å². The average molecular weight is 329 g/mol. The van der Waals surface area contributed by atoms with Gasteiger partial charge in [0.25, 0.3) is 0 Å². The van der Waals surface area contributed by atoms with Crippen molar-refractivity contribution in [3.05, 3.63) is 65.1 Å². The van der Waals surface area contributed by atoms with Gasteiger partial charge in [-0.25, -0.2) is 4.98 Å². The van der Waals surface area contributed by atoms with E-state index in [0.717, 1.165) is 42.3 Å². The molecule has 0 fully saturated rings. The standard InChI is InChI=1S/C20H15N3S/c1-3-7-15-17(4-2)24-20-19(15)22-12-16(23-20)18-14-9-6-5-8-13(14)10-11-21-18/h3-12H,1H2,2H3/b15-7+,17-4+. The van der Waals surface area contributed by atoms with Crippen LogP contribution in [0.4, 0.5) is 0 Å². The number of aromatic nitrogens is 3. The predicted octanol–water partition coefficient (Wildman–Crippen LogP) is 3.67. The van der Waals surface area contributed by atoms with Gasteiger partial charge < -0.3 is 0 Å². The summed E-state index contributed by atoms with van der Waals surface area (Å²) in [5, 5.41) is 3.32. The summed E-state index contributed by atoms with van der Waals surface area (Å²) in [6, 6.07) is 10.2. The lowest BCUT2D eigenvalue weighted by Gasteiger charge is -2.04. The Morgan fingerprint density at radius 1 is 1.12 bits per heavy atom. The highest BCUT2D eigenvalue weighted by Crippen LogP contribution is 2.25. The van der Waals surface area contributed by atoms with Crippen LogP contribution in [0.1, 0.15) is 6.92 Å². The Morgan fingerprint density at radius 3 is 2.83 bits per heavy atom. The first-order valence-electron chi connectivity index (χ1n) is 7.70. The van der Waals surface area contributed by atoms with E-state index in [1.165, 1.54) is 0 Å². The van der Waals surface area contributed by atoms with E-state index >= 15 is 0 Å². The van der Waals surface area contributed by atoms with Crippen molar-refractivity contribution in [2.75, 3.05) is 0 Å². The summed E-state index contributed by atoms with van der Waals surface area (Å²) < 4.78 is 1.16. The number of rotatable bonds is 2. The highest BCUT2D eigenvalue weighted by molar-refractivity contribution is 7.16. The number of thiophene rings is 1. The van der Waals surface area contributed by atoms with E-state index in [4.69, 9.17) is 4.98 Å². The second-order valence-electron chi connectivity index (χ2n) is 5.36. The van der Waals surface area contributed by atoms with Crippen LogP contribution in [-0.2, 0) is 0 Å². The van der Waals surface area contributed by atoms with Crippen molar-refractivity contribution in [3.63, 3.8) is 0 Å². The van der Waals surface area contributed by atoms with Crippen LogP contribution in [0.15, 0.2) is 55.4 Å². The van der Waals surface area contributed by atoms with Crippen molar-refractivity contribution in [2.24, 2.45) is 0 Å². The lowest BCUT2D eigenvalue weighted by Crippen LogP contribution is -2.18. The first-order chi connectivity index (χ1) is 11.8. The van der Waals surface area contributed by atoms with E-state index in [-0.39, 0.29) is 0 Å². The van der Waals surface area contributed by atoms with Crippen molar-refractivity contribution >= 4 is 44.6 Å². The summed E-state index contributed by atoms with van der Waals surface area (Å²) >= 11 is 1.64. The molecule has 0 saturated heterocycles. The Hall–Kier alpha value is -2.85. The minimum absolute atomic E-state index is 0.799. The molecule has 0 bridgehead atoms. The summed E-state index contributed by atoms with van der Waals surface area (Å²) in [6.07, 6.45) is 9.48. The molecule has 0 atom stereocenters. The SMILES string of the molecule is C=C/C=c1\c(=C/C)sc2nc(-c3nccc4ccccc34)cnc12. The van der Waals surface area contributed by atoms with Crippen molar-refractivity contribution in [1.29, 1.82) is 0 Å². The Bertz CT molecular complexity index is 1180. The molecule has 0 saturated carbocycles. The van der Waals surface area contributed by atoms with Crippen LogP contribution >= 0.6 is 11.3 Å². The lowest BCUT2D eigenvalue weighted by molar-refractivity contribution is 1.26. The van der Waals surface area contributed by atoms with Crippen molar-refractivity contribution in [1.82, 2.24) is 15.0 Å². The van der Waals surface area contributed by atoms with E-state index in [1.54, 1.807) is 17.4 Å². The van der Waals surface area contributed by atoms with Crippen LogP contribution in [0, 0.1) is 0 Å². The molecule has 4 rings (SSSR count). The summed E-state index contributed by atoms with van der Waals surface area (Å²) in [5.41, 5.74) is 2.58. The predicted molar refractivity (Wildman–Crippen MR) is 102 cm³/mol. The molecule has 0 aliphatic carbocycles. The number of pyridine rings is 1. The smallest absolute Gasteiger partial charge is 0.143 e. The van der Waals surface area contributed by atoms with E-state index in [0.29, 0.717) is 0 Å². The summed E-state index contributed by atoms with van der Waals surface area (Å²) in [5.74, 6) is 0. The zero-order valence-electron chi connectivity index (χ0n) is 13.2. The molecule has 4 heteroatoms. The van der Waals surface area contributed by atoms with Crippen LogP contribution in [0.25, 0.3) is 44.7 Å². The number of benzene rings is 1. The normalized spacial score (nSPS) is 13.0. The van der Waals surface area contributed by atoms with Crippen LogP contribution in [0.3, 0.4) is 0 Å². The highest BCUT2D eigenvalue weighted by atomic mass is 32.1. The molecule has 0 aliphatic heterocycles. The molecule has 4 aromatic rings. The first kappa shape index (κ1) is 14.7. The van der Waals surface area contributed by atoms with Gasteiger partial charge in [0.05, 0.1) is 11.9 Å². The summed E-state index contributed by atoms with van der Waals surface area (Å²) in [4.78, 5) is 14.9. The van der Waals surface area contributed by atoms with Crippen LogP contribution in [0.2, 0.25) is 0 Å². The Kier molecular flexibility index (Phi) is 3.67. The molecule has 0 radical (unpaired) electrons. The van der Waals surface area contributed by atoms with Gasteiger partial charge >= 0.3 is 0 Å². The van der Waals surface area contributed by atoms with Gasteiger partial charge in [0.2, 0.25) is 0 Å². The fourth-order valence-electron chi connectivity index (χ4n) is 2.84. The quantitative estimate of drug-likeness (QED) is 0.563. The number of nitrogens with zero attached hydrogens (tertiary/aromatic N) is 3. The van der Waals surface area contributed by atoms with Gasteiger partial charge in [-0.3, -0.25) is 9.97 Å². The third-order valence-corrected chi connectivity index (χ3v) is 5.08. The summed E-state index contributed by atoms with van der Waals surface area (Å²) in [6.45, 7) is 5.82. The molecule has 116 valence electrons. The number of hydrogen-bond acceptors (Lipinski definition) is 4. The van der Waals surface area contributed by atoms with E-state index < -0.39 is 0 Å². The Balaban J connectivity index is 2.02. The fourth-order valence-corrected chi connectivity index (χ4v) is 3.84. The minimum atomic E-state index is 0.799. The topological polar surface area (TPSA) is 38.7 Å². The average Bonchev–Trinajstić information content (AvgIpc) is 2.98. The molecule has 0 N–H and O–H groups in total. The maximum atomic E-state index is 4.83. The molecular formula is C20H15N3S. The lowest BCUT2D eigenvalue weighted by atomic mass is 10.1. The Morgan fingerprint density at radius 2 is 2.00 bits per heavy atom. The fraction of sp³-hybridized carbons (Fsp3) is 0.0500. The Labute approximate surface area is 143 Å². The molecule has 3 nitrogen and oxygen atoms in total. The first-order valence-corrected chi connectivity index (χ1v) is 8.52. The molecule has 3 heterocycles. The van der Waals surface area contributed by atoms with Crippen molar-refractivity contribution in [2.45, 2.75) is 6.92 Å². The molecule has 0 unspecified atom stereocenters. The molecule has 1 aromatic carbocycles. The summed E-state index contributed by atoms with van der Waals surface area (Å²) in [7, 11) is 0. The number of allylic oxidation sites excluding steroid dienone is 1. The van der Waals surface area contributed by atoms with Gasteiger partial charge in [-0.15, -0.1) is 11.3 Å². The molecular weight excluding hydrogens is 314 g/mol. The maximum Gasteiger partial charge on any atom is 0.143 e. The minimum Gasteiger partial charge on any atom is -0.254 e. The molecule has 0 amide bonds. The van der Waals surface area contributed by atoms with Crippen molar-refractivity contribution in [3.8, 4) is 11.4 Å². The zero-order valence-corrected chi connectivity index (χ0v) is 14.0. The van der Waals surface area contributed by atoms with Gasteiger partial charge in [0.1, 0.15) is 16.0 Å². The van der Waals surface area contributed by atoms with E-state index in [2.05, 4.69) is 34.8 Å². The van der Waals surface area contributed by atoms with Gasteiger partial charge in [-0.1, -0.05) is 49.1 Å².